The second-order valence-corrected chi connectivity index (χ2v) is 3.33. The summed E-state index contributed by atoms with van der Waals surface area (Å²) in [5.74, 6) is -0.147. The van der Waals surface area contributed by atoms with Gasteiger partial charge in [0.15, 0.2) is 0 Å². The molecule has 0 spiro atoms. The molecule has 0 bridgehead atoms. The molecule has 82 valence electrons. The number of carbonyl (C=O) groups excluding carboxylic acids is 1. The number of amides is 1. The van der Waals surface area contributed by atoms with Gasteiger partial charge in [0.1, 0.15) is 6.61 Å². The van der Waals surface area contributed by atoms with Crippen LogP contribution in [0.3, 0.4) is 0 Å². The summed E-state index contributed by atoms with van der Waals surface area (Å²) < 4.78 is 5.46. The van der Waals surface area contributed by atoms with Crippen LogP contribution in [0.2, 0.25) is 0 Å². The number of ether oxygens (including phenoxy) is 1. The van der Waals surface area contributed by atoms with E-state index in [0.717, 1.165) is 25.9 Å². The first-order chi connectivity index (χ1) is 6.74. The maximum atomic E-state index is 11.3. The highest BCUT2D eigenvalue weighted by Gasteiger charge is 2.16. The summed E-state index contributed by atoms with van der Waals surface area (Å²) in [7, 11) is 3.04. The van der Waals surface area contributed by atoms with Gasteiger partial charge in [-0.15, -0.1) is 0 Å². The Morgan fingerprint density at radius 2 is 2.14 bits per heavy atom. The van der Waals surface area contributed by atoms with E-state index < -0.39 is 0 Å². The molecule has 1 aliphatic heterocycles. The van der Waals surface area contributed by atoms with Gasteiger partial charge in [0.2, 0.25) is 0 Å². The number of hydroxylamine groups is 2. The fraction of sp³-hybridized carbons (Fsp3) is 0.889. The quantitative estimate of drug-likeness (QED) is 0.640. The molecule has 14 heavy (non-hydrogen) atoms. The zero-order valence-corrected chi connectivity index (χ0v) is 8.78. The Kier molecular flexibility index (Phi) is 4.86. The maximum Gasteiger partial charge on any atom is 0.271 e. The Balaban J connectivity index is 2.15. The molecule has 0 atom stereocenters. The van der Waals surface area contributed by atoms with E-state index >= 15 is 0 Å². The van der Waals surface area contributed by atoms with Gasteiger partial charge in [0.25, 0.3) is 5.91 Å². The second-order valence-electron chi connectivity index (χ2n) is 3.33. The molecule has 0 aromatic rings. The molecule has 1 rings (SSSR count). The minimum atomic E-state index is -0.147. The van der Waals surface area contributed by atoms with E-state index in [4.69, 9.17) is 9.57 Å². The number of rotatable bonds is 4. The normalized spacial score (nSPS) is 18.1. The average molecular weight is 202 g/mol. The number of nitrogens with zero attached hydrogens (tertiary/aromatic N) is 1. The molecule has 1 aliphatic rings. The third-order valence-electron chi connectivity index (χ3n) is 2.35. The van der Waals surface area contributed by atoms with E-state index in [1.165, 1.54) is 12.2 Å². The Morgan fingerprint density at radius 3 is 2.71 bits per heavy atom. The molecule has 0 aliphatic carbocycles. The van der Waals surface area contributed by atoms with Crippen LogP contribution in [-0.4, -0.2) is 50.9 Å². The van der Waals surface area contributed by atoms with E-state index in [9.17, 15) is 4.79 Å². The first-order valence-electron chi connectivity index (χ1n) is 4.87. The number of hydrogen-bond acceptors (Lipinski definition) is 4. The van der Waals surface area contributed by atoms with Gasteiger partial charge < -0.3 is 10.1 Å². The van der Waals surface area contributed by atoms with E-state index in [2.05, 4.69) is 5.32 Å². The molecule has 5 heteroatoms. The van der Waals surface area contributed by atoms with Crippen LogP contribution in [0.5, 0.6) is 0 Å². The molecule has 1 N–H and O–H groups in total. The Bertz CT molecular complexity index is 181. The van der Waals surface area contributed by atoms with E-state index in [1.807, 2.05) is 0 Å². The summed E-state index contributed by atoms with van der Waals surface area (Å²) >= 11 is 0. The third-order valence-corrected chi connectivity index (χ3v) is 2.35. The fourth-order valence-corrected chi connectivity index (χ4v) is 1.34. The van der Waals surface area contributed by atoms with Crippen LogP contribution < -0.4 is 5.32 Å². The van der Waals surface area contributed by atoms with Crippen molar-refractivity contribution in [2.75, 3.05) is 33.9 Å². The van der Waals surface area contributed by atoms with Crippen LogP contribution in [-0.2, 0) is 14.4 Å². The number of likely N-dealkylation sites (N-methyl/N-ethyl adjacent to an activating group) is 1. The molecule has 5 nitrogen and oxygen atoms in total. The highest BCUT2D eigenvalue weighted by molar-refractivity contribution is 5.76. The highest BCUT2D eigenvalue weighted by atomic mass is 16.7. The molecule has 1 fully saturated rings. The lowest BCUT2D eigenvalue weighted by atomic mass is 10.1. The van der Waals surface area contributed by atoms with E-state index in [-0.39, 0.29) is 18.6 Å². The maximum absolute atomic E-state index is 11.3. The van der Waals surface area contributed by atoms with Crippen LogP contribution in [0.4, 0.5) is 0 Å². The highest BCUT2D eigenvalue weighted by Crippen LogP contribution is 2.06. The van der Waals surface area contributed by atoms with Crippen LogP contribution in [0, 0.1) is 0 Å². The Hall–Kier alpha value is -0.650. The first-order valence-corrected chi connectivity index (χ1v) is 4.87. The van der Waals surface area contributed by atoms with Crippen LogP contribution in [0.15, 0.2) is 0 Å². The fourth-order valence-electron chi connectivity index (χ4n) is 1.34. The van der Waals surface area contributed by atoms with Gasteiger partial charge in [0, 0.05) is 7.05 Å². The predicted octanol–water partition coefficient (Wildman–Crippen LogP) is -0.225. The van der Waals surface area contributed by atoms with Gasteiger partial charge in [-0.25, -0.2) is 5.06 Å². The summed E-state index contributed by atoms with van der Waals surface area (Å²) in [6, 6.07) is 0. The predicted molar refractivity (Wildman–Crippen MR) is 51.6 cm³/mol. The summed E-state index contributed by atoms with van der Waals surface area (Å²) in [4.78, 5) is 16.0. The molecule has 0 saturated carbocycles. The molecule has 1 amide bonds. The number of nitrogens with one attached hydrogen (secondary N) is 1. The van der Waals surface area contributed by atoms with E-state index in [0.29, 0.717) is 0 Å². The van der Waals surface area contributed by atoms with Crippen LogP contribution >= 0.6 is 0 Å². The lowest BCUT2D eigenvalue weighted by molar-refractivity contribution is -0.175. The smallest absolute Gasteiger partial charge is 0.271 e. The molecule has 0 aromatic heterocycles. The van der Waals surface area contributed by atoms with Crippen molar-refractivity contribution >= 4 is 5.91 Å². The van der Waals surface area contributed by atoms with E-state index in [1.54, 1.807) is 7.05 Å². The molecular weight excluding hydrogens is 184 g/mol. The van der Waals surface area contributed by atoms with Crippen molar-refractivity contribution in [2.24, 2.45) is 0 Å². The SMILES string of the molecule is CON(C)C(=O)COC1CCNCC1. The number of hydrogen-bond donors (Lipinski definition) is 1. The van der Waals surface area contributed by atoms with Crippen molar-refractivity contribution in [1.29, 1.82) is 0 Å². The monoisotopic (exact) mass is 202 g/mol. The topological polar surface area (TPSA) is 50.8 Å². The van der Waals surface area contributed by atoms with Crippen molar-refractivity contribution in [3.8, 4) is 0 Å². The van der Waals surface area contributed by atoms with Gasteiger partial charge in [0.05, 0.1) is 13.2 Å². The number of carbonyl (C=O) groups is 1. The van der Waals surface area contributed by atoms with Crippen LogP contribution in [0.25, 0.3) is 0 Å². The van der Waals surface area contributed by atoms with Crippen LogP contribution in [0.1, 0.15) is 12.8 Å². The van der Waals surface area contributed by atoms with Crippen molar-refractivity contribution in [3.63, 3.8) is 0 Å². The minimum Gasteiger partial charge on any atom is -0.368 e. The zero-order valence-electron chi connectivity index (χ0n) is 8.78. The lowest BCUT2D eigenvalue weighted by Gasteiger charge is -2.23. The van der Waals surface area contributed by atoms with Gasteiger partial charge in [-0.1, -0.05) is 0 Å². The Morgan fingerprint density at radius 1 is 1.50 bits per heavy atom. The molecule has 1 saturated heterocycles. The second kappa shape index (κ2) is 5.95. The van der Waals surface area contributed by atoms with Crippen molar-refractivity contribution in [3.05, 3.63) is 0 Å². The molecule has 0 radical (unpaired) electrons. The summed E-state index contributed by atoms with van der Waals surface area (Å²) in [6.45, 7) is 2.05. The van der Waals surface area contributed by atoms with Crippen molar-refractivity contribution in [2.45, 2.75) is 18.9 Å². The largest absolute Gasteiger partial charge is 0.368 e. The van der Waals surface area contributed by atoms with Gasteiger partial charge in [-0.3, -0.25) is 9.63 Å². The lowest BCUT2D eigenvalue weighted by Crippen LogP contribution is -2.36. The molecule has 0 aromatic carbocycles. The first kappa shape index (κ1) is 11.4. The van der Waals surface area contributed by atoms with Gasteiger partial charge in [-0.2, -0.15) is 0 Å². The van der Waals surface area contributed by atoms with Crippen molar-refractivity contribution in [1.82, 2.24) is 10.4 Å². The van der Waals surface area contributed by atoms with Crippen molar-refractivity contribution < 1.29 is 14.4 Å². The molecule has 0 unspecified atom stereocenters. The minimum absolute atomic E-state index is 0.106. The molecular formula is C9H18N2O3. The number of piperidine rings is 1. The summed E-state index contributed by atoms with van der Waals surface area (Å²) in [6.07, 6.45) is 2.17. The Labute approximate surface area is 84.3 Å². The standard InChI is InChI=1S/C9H18N2O3/c1-11(13-2)9(12)7-14-8-3-5-10-6-4-8/h8,10H,3-7H2,1-2H3. The average Bonchev–Trinajstić information content (AvgIpc) is 2.26. The van der Waals surface area contributed by atoms with Gasteiger partial charge in [-0.05, 0) is 25.9 Å². The summed E-state index contributed by atoms with van der Waals surface area (Å²) in [5.41, 5.74) is 0. The van der Waals surface area contributed by atoms with Gasteiger partial charge >= 0.3 is 0 Å². The molecule has 1 heterocycles. The third kappa shape index (κ3) is 3.61. The summed E-state index contributed by atoms with van der Waals surface area (Å²) in [5, 5.41) is 4.42. The zero-order chi connectivity index (χ0) is 10.4.